The molecule has 0 aliphatic heterocycles. The zero-order chi connectivity index (χ0) is 10.6. The Morgan fingerprint density at radius 2 is 2.43 bits per heavy atom. The molecule has 1 aromatic rings. The van der Waals surface area contributed by atoms with E-state index < -0.39 is 6.10 Å². The minimum absolute atomic E-state index is 0.0251. The predicted octanol–water partition coefficient (Wildman–Crippen LogP) is 1.70. The fourth-order valence-electron chi connectivity index (χ4n) is 1.16. The highest BCUT2D eigenvalue weighted by Gasteiger charge is 2.16. The Morgan fingerprint density at radius 1 is 1.71 bits per heavy atom. The lowest BCUT2D eigenvalue weighted by molar-refractivity contribution is -0.129. The van der Waals surface area contributed by atoms with E-state index in [1.807, 2.05) is 24.4 Å². The Hall–Kier alpha value is -0.870. The molecule has 0 aliphatic carbocycles. The van der Waals surface area contributed by atoms with E-state index in [4.69, 9.17) is 5.11 Å². The summed E-state index contributed by atoms with van der Waals surface area (Å²) in [4.78, 5) is 12.4. The van der Waals surface area contributed by atoms with Crippen molar-refractivity contribution >= 4 is 17.2 Å². The molecule has 0 saturated carbocycles. The van der Waals surface area contributed by atoms with Crippen LogP contribution in [0.2, 0.25) is 0 Å². The van der Waals surface area contributed by atoms with Crippen molar-refractivity contribution in [1.82, 2.24) is 5.32 Å². The summed E-state index contributed by atoms with van der Waals surface area (Å²) in [6.07, 6.45) is -0.108. The predicted molar refractivity (Wildman–Crippen MR) is 57.2 cm³/mol. The molecule has 0 aromatic carbocycles. The standard InChI is InChI=1S/C10H15NO2S/c1-3-8(9-5-4-6-14-9)11-10(13)7(2)12/h4-8,12H,3H2,1-2H3,(H,11,13). The first-order valence-corrected chi connectivity index (χ1v) is 5.55. The average Bonchev–Trinajstić information content (AvgIpc) is 2.66. The monoisotopic (exact) mass is 213 g/mol. The Labute approximate surface area is 87.8 Å². The van der Waals surface area contributed by atoms with Gasteiger partial charge in [0.2, 0.25) is 5.91 Å². The molecule has 78 valence electrons. The van der Waals surface area contributed by atoms with Gasteiger partial charge in [0, 0.05) is 4.88 Å². The van der Waals surface area contributed by atoms with Crippen molar-refractivity contribution in [3.05, 3.63) is 22.4 Å². The molecule has 4 heteroatoms. The quantitative estimate of drug-likeness (QED) is 0.799. The maximum Gasteiger partial charge on any atom is 0.249 e. The van der Waals surface area contributed by atoms with Crippen molar-refractivity contribution < 1.29 is 9.90 Å². The Morgan fingerprint density at radius 3 is 2.86 bits per heavy atom. The molecule has 2 atom stereocenters. The van der Waals surface area contributed by atoms with Gasteiger partial charge >= 0.3 is 0 Å². The summed E-state index contributed by atoms with van der Waals surface area (Å²) in [7, 11) is 0. The van der Waals surface area contributed by atoms with Gasteiger partial charge in [0.15, 0.2) is 0 Å². The first-order chi connectivity index (χ1) is 6.65. The maximum atomic E-state index is 11.3. The number of aliphatic hydroxyl groups excluding tert-OH is 1. The van der Waals surface area contributed by atoms with Crippen molar-refractivity contribution in [2.75, 3.05) is 0 Å². The van der Waals surface area contributed by atoms with Gasteiger partial charge in [-0.1, -0.05) is 13.0 Å². The van der Waals surface area contributed by atoms with Crippen LogP contribution in [0.1, 0.15) is 31.2 Å². The zero-order valence-electron chi connectivity index (χ0n) is 8.36. The molecule has 0 fully saturated rings. The van der Waals surface area contributed by atoms with Crippen molar-refractivity contribution in [3.8, 4) is 0 Å². The maximum absolute atomic E-state index is 11.3. The smallest absolute Gasteiger partial charge is 0.249 e. The number of carbonyl (C=O) groups excluding carboxylic acids is 1. The first-order valence-electron chi connectivity index (χ1n) is 4.67. The summed E-state index contributed by atoms with van der Waals surface area (Å²) in [5.74, 6) is -0.315. The molecular weight excluding hydrogens is 198 g/mol. The van der Waals surface area contributed by atoms with Gasteiger partial charge in [0.05, 0.1) is 6.04 Å². The van der Waals surface area contributed by atoms with Crippen LogP contribution < -0.4 is 5.32 Å². The summed E-state index contributed by atoms with van der Waals surface area (Å²) < 4.78 is 0. The highest BCUT2D eigenvalue weighted by atomic mass is 32.1. The highest BCUT2D eigenvalue weighted by molar-refractivity contribution is 7.10. The highest BCUT2D eigenvalue weighted by Crippen LogP contribution is 2.21. The Bertz CT molecular complexity index is 282. The Kier molecular flexibility index (Phi) is 4.10. The van der Waals surface area contributed by atoms with E-state index in [1.54, 1.807) is 11.3 Å². The molecular formula is C10H15NO2S. The van der Waals surface area contributed by atoms with Crippen LogP contribution in [0, 0.1) is 0 Å². The lowest BCUT2D eigenvalue weighted by Gasteiger charge is -2.16. The van der Waals surface area contributed by atoms with Crippen molar-refractivity contribution in [1.29, 1.82) is 0 Å². The van der Waals surface area contributed by atoms with E-state index in [0.717, 1.165) is 11.3 Å². The van der Waals surface area contributed by atoms with Gasteiger partial charge in [0.25, 0.3) is 0 Å². The molecule has 2 N–H and O–H groups in total. The molecule has 0 radical (unpaired) electrons. The molecule has 1 aromatic heterocycles. The summed E-state index contributed by atoms with van der Waals surface area (Å²) in [6.45, 7) is 3.48. The second-order valence-corrected chi connectivity index (χ2v) is 4.14. The van der Waals surface area contributed by atoms with E-state index in [2.05, 4.69) is 5.32 Å². The molecule has 0 saturated heterocycles. The molecule has 0 bridgehead atoms. The van der Waals surface area contributed by atoms with Gasteiger partial charge in [-0.15, -0.1) is 11.3 Å². The van der Waals surface area contributed by atoms with Crippen molar-refractivity contribution in [3.63, 3.8) is 0 Å². The number of nitrogens with one attached hydrogen (secondary N) is 1. The molecule has 0 aliphatic rings. The number of rotatable bonds is 4. The Balaban J connectivity index is 2.61. The molecule has 1 rings (SSSR count). The number of hydrogen-bond acceptors (Lipinski definition) is 3. The van der Waals surface area contributed by atoms with E-state index in [1.165, 1.54) is 6.92 Å². The molecule has 0 spiro atoms. The van der Waals surface area contributed by atoms with Gasteiger partial charge in [-0.25, -0.2) is 0 Å². The minimum Gasteiger partial charge on any atom is -0.384 e. The zero-order valence-corrected chi connectivity index (χ0v) is 9.17. The molecule has 1 amide bonds. The number of carbonyl (C=O) groups is 1. The van der Waals surface area contributed by atoms with Crippen LogP contribution in [0.5, 0.6) is 0 Å². The number of thiophene rings is 1. The number of aliphatic hydroxyl groups is 1. The van der Waals surface area contributed by atoms with Gasteiger partial charge < -0.3 is 10.4 Å². The third kappa shape index (κ3) is 2.82. The third-order valence-corrected chi connectivity index (χ3v) is 2.98. The topological polar surface area (TPSA) is 49.3 Å². The lowest BCUT2D eigenvalue weighted by Crippen LogP contribution is -2.35. The van der Waals surface area contributed by atoms with Crippen LogP contribution in [-0.4, -0.2) is 17.1 Å². The number of hydrogen-bond donors (Lipinski definition) is 2. The van der Waals surface area contributed by atoms with E-state index in [0.29, 0.717) is 0 Å². The lowest BCUT2D eigenvalue weighted by atomic mass is 10.2. The molecule has 2 unspecified atom stereocenters. The summed E-state index contributed by atoms with van der Waals surface area (Å²) >= 11 is 1.61. The van der Waals surface area contributed by atoms with Gasteiger partial charge in [-0.2, -0.15) is 0 Å². The van der Waals surface area contributed by atoms with Crippen LogP contribution in [-0.2, 0) is 4.79 Å². The second kappa shape index (κ2) is 5.12. The first kappa shape index (κ1) is 11.2. The largest absolute Gasteiger partial charge is 0.384 e. The van der Waals surface area contributed by atoms with E-state index in [9.17, 15) is 4.79 Å². The third-order valence-electron chi connectivity index (χ3n) is 1.99. The van der Waals surface area contributed by atoms with E-state index >= 15 is 0 Å². The van der Waals surface area contributed by atoms with Crippen LogP contribution in [0.4, 0.5) is 0 Å². The fourth-order valence-corrected chi connectivity index (χ4v) is 2.02. The average molecular weight is 213 g/mol. The minimum atomic E-state index is -0.941. The molecule has 3 nitrogen and oxygen atoms in total. The van der Waals surface area contributed by atoms with Gasteiger partial charge in [-0.05, 0) is 24.8 Å². The van der Waals surface area contributed by atoms with Crippen LogP contribution in [0.15, 0.2) is 17.5 Å². The summed E-state index contributed by atoms with van der Waals surface area (Å²) in [5.41, 5.74) is 0. The van der Waals surface area contributed by atoms with E-state index in [-0.39, 0.29) is 11.9 Å². The fraction of sp³-hybridized carbons (Fsp3) is 0.500. The SMILES string of the molecule is CCC(NC(=O)C(C)O)c1cccs1. The molecule has 14 heavy (non-hydrogen) atoms. The van der Waals surface area contributed by atoms with Gasteiger partial charge in [-0.3, -0.25) is 4.79 Å². The summed E-state index contributed by atoms with van der Waals surface area (Å²) in [5, 5.41) is 13.8. The van der Waals surface area contributed by atoms with Crippen LogP contribution in [0.3, 0.4) is 0 Å². The second-order valence-electron chi connectivity index (χ2n) is 3.16. The molecule has 1 heterocycles. The normalized spacial score (nSPS) is 14.8. The number of amides is 1. The summed E-state index contributed by atoms with van der Waals surface area (Å²) in [6, 6.07) is 3.97. The van der Waals surface area contributed by atoms with Gasteiger partial charge in [0.1, 0.15) is 6.10 Å². The van der Waals surface area contributed by atoms with Crippen LogP contribution in [0.25, 0.3) is 0 Å². The van der Waals surface area contributed by atoms with Crippen molar-refractivity contribution in [2.45, 2.75) is 32.4 Å². The van der Waals surface area contributed by atoms with Crippen LogP contribution >= 0.6 is 11.3 Å². The van der Waals surface area contributed by atoms with Crippen molar-refractivity contribution in [2.24, 2.45) is 0 Å².